The second-order valence-electron chi connectivity index (χ2n) is 5.55. The summed E-state index contributed by atoms with van der Waals surface area (Å²) in [5, 5.41) is 11.6. The topological polar surface area (TPSA) is 75.6 Å². The van der Waals surface area contributed by atoms with Gasteiger partial charge in [0.15, 0.2) is 6.61 Å². The zero-order chi connectivity index (χ0) is 16.0. The van der Waals surface area contributed by atoms with Crippen LogP contribution in [0.2, 0.25) is 0 Å². The SMILES string of the molecule is Cc1ccc(OCC(=O)NCC(C(=O)O)C(C)C)c(C)c1. The van der Waals surface area contributed by atoms with Gasteiger partial charge in [0.1, 0.15) is 5.75 Å². The third kappa shape index (κ3) is 5.45. The number of carbonyl (C=O) groups is 2. The summed E-state index contributed by atoms with van der Waals surface area (Å²) in [6, 6.07) is 5.72. The van der Waals surface area contributed by atoms with E-state index in [0.717, 1.165) is 11.1 Å². The van der Waals surface area contributed by atoms with Crippen molar-refractivity contribution < 1.29 is 19.4 Å². The first kappa shape index (κ1) is 17.0. The predicted octanol–water partition coefficient (Wildman–Crippen LogP) is 2.16. The molecule has 1 unspecified atom stereocenters. The van der Waals surface area contributed by atoms with Crippen LogP contribution in [0.25, 0.3) is 0 Å². The van der Waals surface area contributed by atoms with Crippen molar-refractivity contribution in [3.05, 3.63) is 29.3 Å². The van der Waals surface area contributed by atoms with Crippen LogP contribution in [0.15, 0.2) is 18.2 Å². The van der Waals surface area contributed by atoms with Gasteiger partial charge in [-0.15, -0.1) is 0 Å². The fourth-order valence-corrected chi connectivity index (χ4v) is 1.99. The van der Waals surface area contributed by atoms with Gasteiger partial charge in [-0.2, -0.15) is 0 Å². The highest BCUT2D eigenvalue weighted by Gasteiger charge is 2.21. The highest BCUT2D eigenvalue weighted by atomic mass is 16.5. The first-order valence-corrected chi connectivity index (χ1v) is 7.00. The van der Waals surface area contributed by atoms with E-state index in [9.17, 15) is 9.59 Å². The summed E-state index contributed by atoms with van der Waals surface area (Å²) in [4.78, 5) is 22.7. The average Bonchev–Trinajstić information content (AvgIpc) is 2.37. The third-order valence-electron chi connectivity index (χ3n) is 3.33. The number of hydrogen-bond acceptors (Lipinski definition) is 3. The second-order valence-corrected chi connectivity index (χ2v) is 5.55. The first-order valence-electron chi connectivity index (χ1n) is 7.00. The zero-order valence-electron chi connectivity index (χ0n) is 13.0. The largest absolute Gasteiger partial charge is 0.484 e. The van der Waals surface area contributed by atoms with Crippen molar-refractivity contribution in [3.63, 3.8) is 0 Å². The second kappa shape index (κ2) is 7.67. The first-order chi connectivity index (χ1) is 9.81. The Labute approximate surface area is 125 Å². The van der Waals surface area contributed by atoms with Crippen molar-refractivity contribution in [1.29, 1.82) is 0 Å². The fourth-order valence-electron chi connectivity index (χ4n) is 1.99. The van der Waals surface area contributed by atoms with E-state index < -0.39 is 11.9 Å². The number of ether oxygens (including phenoxy) is 1. The van der Waals surface area contributed by atoms with Gasteiger partial charge in [0.05, 0.1) is 5.92 Å². The number of aryl methyl sites for hydroxylation is 2. The van der Waals surface area contributed by atoms with Gasteiger partial charge in [0.25, 0.3) is 5.91 Å². The maximum absolute atomic E-state index is 11.7. The molecule has 0 aromatic heterocycles. The standard InChI is InChI=1S/C16H23NO4/c1-10(2)13(16(19)20)8-17-15(18)9-21-14-6-5-11(3)7-12(14)4/h5-7,10,13H,8-9H2,1-4H3,(H,17,18)(H,19,20). The molecule has 5 nitrogen and oxygen atoms in total. The van der Waals surface area contributed by atoms with Crippen LogP contribution < -0.4 is 10.1 Å². The van der Waals surface area contributed by atoms with E-state index in [1.165, 1.54) is 0 Å². The molecular weight excluding hydrogens is 270 g/mol. The minimum Gasteiger partial charge on any atom is -0.484 e. The van der Waals surface area contributed by atoms with Crippen LogP contribution in [0, 0.1) is 25.7 Å². The number of amides is 1. The molecule has 0 saturated carbocycles. The molecule has 0 aliphatic carbocycles. The average molecular weight is 293 g/mol. The summed E-state index contributed by atoms with van der Waals surface area (Å²) in [5.41, 5.74) is 2.10. The summed E-state index contributed by atoms with van der Waals surface area (Å²) in [7, 11) is 0. The van der Waals surface area contributed by atoms with E-state index in [2.05, 4.69) is 5.32 Å². The molecule has 21 heavy (non-hydrogen) atoms. The lowest BCUT2D eigenvalue weighted by Crippen LogP contribution is -2.37. The number of benzene rings is 1. The molecule has 1 amide bonds. The monoisotopic (exact) mass is 293 g/mol. The number of carboxylic acids is 1. The molecule has 0 radical (unpaired) electrons. The predicted molar refractivity (Wildman–Crippen MR) is 80.4 cm³/mol. The van der Waals surface area contributed by atoms with E-state index >= 15 is 0 Å². The number of aliphatic carboxylic acids is 1. The van der Waals surface area contributed by atoms with Gasteiger partial charge in [-0.25, -0.2) is 0 Å². The minimum atomic E-state index is -0.902. The van der Waals surface area contributed by atoms with E-state index in [4.69, 9.17) is 9.84 Å². The molecule has 116 valence electrons. The fraction of sp³-hybridized carbons (Fsp3) is 0.500. The van der Waals surface area contributed by atoms with Crippen molar-refractivity contribution >= 4 is 11.9 Å². The summed E-state index contributed by atoms with van der Waals surface area (Å²) < 4.78 is 5.45. The molecule has 0 spiro atoms. The molecule has 0 bridgehead atoms. The number of hydrogen-bond donors (Lipinski definition) is 2. The Kier molecular flexibility index (Phi) is 6.21. The highest BCUT2D eigenvalue weighted by Crippen LogP contribution is 2.18. The molecule has 1 aromatic rings. The Bertz CT molecular complexity index is 511. The Hall–Kier alpha value is -2.04. The van der Waals surface area contributed by atoms with Crippen LogP contribution in [-0.2, 0) is 9.59 Å². The zero-order valence-corrected chi connectivity index (χ0v) is 13.0. The summed E-state index contributed by atoms with van der Waals surface area (Å²) in [5.74, 6) is -1.19. The van der Waals surface area contributed by atoms with Crippen LogP contribution in [0.4, 0.5) is 0 Å². The van der Waals surface area contributed by atoms with E-state index in [-0.39, 0.29) is 25.0 Å². The van der Waals surface area contributed by atoms with Crippen LogP contribution in [0.3, 0.4) is 0 Å². The van der Waals surface area contributed by atoms with Gasteiger partial charge >= 0.3 is 5.97 Å². The lowest BCUT2D eigenvalue weighted by Gasteiger charge is -2.17. The number of carbonyl (C=O) groups excluding carboxylic acids is 1. The molecule has 0 aliphatic heterocycles. The maximum Gasteiger partial charge on any atom is 0.308 e. The molecule has 0 fully saturated rings. The number of nitrogens with one attached hydrogen (secondary N) is 1. The Morgan fingerprint density at radius 1 is 1.29 bits per heavy atom. The summed E-state index contributed by atoms with van der Waals surface area (Å²) in [6.07, 6.45) is 0. The Morgan fingerprint density at radius 2 is 1.95 bits per heavy atom. The molecule has 1 aromatic carbocycles. The number of carboxylic acid groups (broad SMARTS) is 1. The van der Waals surface area contributed by atoms with Gasteiger partial charge in [0, 0.05) is 6.54 Å². The van der Waals surface area contributed by atoms with Crippen molar-refractivity contribution in [3.8, 4) is 5.75 Å². The van der Waals surface area contributed by atoms with E-state index in [0.29, 0.717) is 5.75 Å². The maximum atomic E-state index is 11.7. The molecular formula is C16H23NO4. The van der Waals surface area contributed by atoms with Gasteiger partial charge in [0.2, 0.25) is 0 Å². The van der Waals surface area contributed by atoms with Gasteiger partial charge in [-0.05, 0) is 31.4 Å². The number of rotatable bonds is 7. The van der Waals surface area contributed by atoms with Gasteiger partial charge < -0.3 is 15.2 Å². The van der Waals surface area contributed by atoms with E-state index in [1.807, 2.05) is 45.9 Å². The van der Waals surface area contributed by atoms with Crippen molar-refractivity contribution in [2.24, 2.45) is 11.8 Å². The lowest BCUT2D eigenvalue weighted by molar-refractivity contribution is -0.143. The van der Waals surface area contributed by atoms with Crippen molar-refractivity contribution in [2.45, 2.75) is 27.7 Å². The molecule has 0 saturated heterocycles. The lowest BCUT2D eigenvalue weighted by atomic mass is 9.96. The Morgan fingerprint density at radius 3 is 2.48 bits per heavy atom. The third-order valence-corrected chi connectivity index (χ3v) is 3.33. The minimum absolute atomic E-state index is 0.0388. The van der Waals surface area contributed by atoms with Crippen LogP contribution in [-0.4, -0.2) is 30.1 Å². The molecule has 1 atom stereocenters. The molecule has 2 N–H and O–H groups in total. The normalized spacial score (nSPS) is 12.0. The van der Waals surface area contributed by atoms with Gasteiger partial charge in [-0.3, -0.25) is 9.59 Å². The Balaban J connectivity index is 2.45. The molecule has 5 heteroatoms. The van der Waals surface area contributed by atoms with Crippen LogP contribution >= 0.6 is 0 Å². The van der Waals surface area contributed by atoms with E-state index in [1.54, 1.807) is 0 Å². The van der Waals surface area contributed by atoms with Gasteiger partial charge in [-0.1, -0.05) is 31.5 Å². The smallest absolute Gasteiger partial charge is 0.308 e. The van der Waals surface area contributed by atoms with Crippen LogP contribution in [0.1, 0.15) is 25.0 Å². The summed E-state index contributed by atoms with van der Waals surface area (Å²) >= 11 is 0. The van der Waals surface area contributed by atoms with Crippen LogP contribution in [0.5, 0.6) is 5.75 Å². The molecule has 0 aliphatic rings. The van der Waals surface area contributed by atoms with Crippen molar-refractivity contribution in [2.75, 3.05) is 13.2 Å². The molecule has 0 heterocycles. The summed E-state index contributed by atoms with van der Waals surface area (Å²) in [6.45, 7) is 7.53. The highest BCUT2D eigenvalue weighted by molar-refractivity contribution is 5.78. The van der Waals surface area contributed by atoms with Crippen molar-refractivity contribution in [1.82, 2.24) is 5.32 Å². The quantitative estimate of drug-likeness (QED) is 0.807. The molecule has 1 rings (SSSR count).